The second-order valence-electron chi connectivity index (χ2n) is 8.66. The van der Waals surface area contributed by atoms with Crippen molar-refractivity contribution in [2.75, 3.05) is 5.75 Å². The summed E-state index contributed by atoms with van der Waals surface area (Å²) in [5, 5.41) is 9.76. The number of carbonyl (C=O) groups is 1. The zero-order valence-electron chi connectivity index (χ0n) is 17.9. The zero-order chi connectivity index (χ0) is 21.2. The van der Waals surface area contributed by atoms with Gasteiger partial charge in [0.2, 0.25) is 5.91 Å². The Kier molecular flexibility index (Phi) is 5.81. The van der Waals surface area contributed by atoms with Crippen LogP contribution in [0.25, 0.3) is 5.69 Å². The summed E-state index contributed by atoms with van der Waals surface area (Å²) in [5.41, 5.74) is 2.24. The molecule has 2 saturated carbocycles. The Balaban J connectivity index is 1.34. The van der Waals surface area contributed by atoms with E-state index < -0.39 is 0 Å². The lowest BCUT2D eigenvalue weighted by Gasteiger charge is -2.29. The number of benzene rings is 2. The first-order valence-corrected chi connectivity index (χ1v) is 12.2. The van der Waals surface area contributed by atoms with Gasteiger partial charge >= 0.3 is 0 Å². The fraction of sp³-hybridized carbons (Fsp3) is 0.400. The Labute approximate surface area is 187 Å². The normalized spacial score (nSPS) is 16.8. The lowest BCUT2D eigenvalue weighted by molar-refractivity contribution is -0.131. The van der Waals surface area contributed by atoms with Crippen LogP contribution >= 0.6 is 11.8 Å². The fourth-order valence-corrected chi connectivity index (χ4v) is 4.93. The lowest BCUT2D eigenvalue weighted by atomic mass is 10.1. The van der Waals surface area contributed by atoms with E-state index in [-0.39, 0.29) is 11.9 Å². The van der Waals surface area contributed by atoms with E-state index in [9.17, 15) is 4.79 Å². The van der Waals surface area contributed by atoms with Gasteiger partial charge in [-0.2, -0.15) is 0 Å². The zero-order valence-corrected chi connectivity index (χ0v) is 18.7. The molecule has 1 heterocycles. The van der Waals surface area contributed by atoms with Gasteiger partial charge in [-0.15, -0.1) is 10.2 Å². The van der Waals surface area contributed by atoms with Crippen LogP contribution < -0.4 is 0 Å². The van der Waals surface area contributed by atoms with Crippen LogP contribution in [0.1, 0.15) is 49.9 Å². The second-order valence-corrected chi connectivity index (χ2v) is 9.60. The molecule has 160 valence electrons. The number of aromatic nitrogens is 3. The lowest BCUT2D eigenvalue weighted by Crippen LogP contribution is -2.40. The number of thioether (sulfide) groups is 1. The molecule has 0 N–H and O–H groups in total. The Morgan fingerprint density at radius 1 is 1.03 bits per heavy atom. The molecule has 5 rings (SSSR count). The van der Waals surface area contributed by atoms with Crippen LogP contribution in [-0.2, 0) is 11.3 Å². The summed E-state index contributed by atoms with van der Waals surface area (Å²) in [4.78, 5) is 15.4. The van der Waals surface area contributed by atoms with Crippen molar-refractivity contribution < 1.29 is 4.79 Å². The molecule has 2 aliphatic carbocycles. The van der Waals surface area contributed by atoms with E-state index in [1.807, 2.05) is 36.4 Å². The standard InChI is InChI=1S/C25H28N4OS/c1-18(20-12-13-20)28(16-19-8-4-2-5-9-19)23(30)17-31-25-27-26-24(21-14-15-21)29(25)22-10-6-3-7-11-22/h2-11,18,20-21H,12-17H2,1H3. The van der Waals surface area contributed by atoms with Gasteiger partial charge in [0.05, 0.1) is 5.75 Å². The molecule has 2 aromatic carbocycles. The SMILES string of the molecule is CC(C1CC1)N(Cc1ccccc1)C(=O)CSc1nnc(C2CC2)n1-c1ccccc1. The molecule has 5 nitrogen and oxygen atoms in total. The number of hydrogen-bond donors (Lipinski definition) is 0. The molecule has 0 bridgehead atoms. The number of para-hydroxylation sites is 1. The van der Waals surface area contributed by atoms with Crippen LogP contribution in [0, 0.1) is 5.92 Å². The average molecular weight is 433 g/mol. The summed E-state index contributed by atoms with van der Waals surface area (Å²) in [6.45, 7) is 2.86. The summed E-state index contributed by atoms with van der Waals surface area (Å²) in [5.74, 6) is 2.69. The molecule has 3 aromatic rings. The smallest absolute Gasteiger partial charge is 0.233 e. The molecule has 2 fully saturated rings. The summed E-state index contributed by atoms with van der Waals surface area (Å²) in [6.07, 6.45) is 4.77. The summed E-state index contributed by atoms with van der Waals surface area (Å²) < 4.78 is 2.14. The number of carbonyl (C=O) groups excluding carboxylic acids is 1. The Morgan fingerprint density at radius 2 is 1.71 bits per heavy atom. The van der Waals surface area contributed by atoms with E-state index in [0.717, 1.165) is 16.7 Å². The molecule has 6 heteroatoms. The van der Waals surface area contributed by atoms with Gasteiger partial charge in [-0.3, -0.25) is 9.36 Å². The third-order valence-electron chi connectivity index (χ3n) is 6.25. The summed E-state index contributed by atoms with van der Waals surface area (Å²) in [6, 6.07) is 20.8. The molecule has 0 saturated heterocycles. The Hall–Kier alpha value is -2.60. The molecule has 0 spiro atoms. The van der Waals surface area contributed by atoms with E-state index in [0.29, 0.717) is 24.1 Å². The molecule has 1 atom stereocenters. The third-order valence-corrected chi connectivity index (χ3v) is 7.17. The van der Waals surface area contributed by atoms with Crippen LogP contribution in [0.3, 0.4) is 0 Å². The number of hydrogen-bond acceptors (Lipinski definition) is 4. The monoisotopic (exact) mass is 432 g/mol. The van der Waals surface area contributed by atoms with Gasteiger partial charge in [0.1, 0.15) is 5.82 Å². The van der Waals surface area contributed by atoms with E-state index in [1.165, 1.54) is 43.0 Å². The molecule has 0 aliphatic heterocycles. The number of amides is 1. The highest BCUT2D eigenvalue weighted by Crippen LogP contribution is 2.41. The number of nitrogens with zero attached hydrogens (tertiary/aromatic N) is 4. The van der Waals surface area contributed by atoms with E-state index in [1.54, 1.807) is 0 Å². The van der Waals surface area contributed by atoms with Crippen molar-refractivity contribution in [1.29, 1.82) is 0 Å². The highest BCUT2D eigenvalue weighted by atomic mass is 32.2. The molecule has 1 unspecified atom stereocenters. The molecule has 31 heavy (non-hydrogen) atoms. The fourth-order valence-electron chi connectivity index (χ4n) is 4.08. The van der Waals surface area contributed by atoms with Crippen molar-refractivity contribution in [3.63, 3.8) is 0 Å². The largest absolute Gasteiger partial charge is 0.335 e. The van der Waals surface area contributed by atoms with E-state index in [2.05, 4.69) is 50.9 Å². The van der Waals surface area contributed by atoms with Crippen molar-refractivity contribution in [2.45, 2.75) is 56.3 Å². The van der Waals surface area contributed by atoms with Gasteiger partial charge in [0, 0.05) is 24.2 Å². The second kappa shape index (κ2) is 8.87. The third kappa shape index (κ3) is 4.69. The first-order valence-electron chi connectivity index (χ1n) is 11.2. The van der Waals surface area contributed by atoms with Gasteiger partial charge < -0.3 is 4.90 Å². The molecule has 1 amide bonds. The van der Waals surface area contributed by atoms with Crippen molar-refractivity contribution in [2.24, 2.45) is 5.92 Å². The van der Waals surface area contributed by atoms with Crippen LogP contribution in [0.5, 0.6) is 0 Å². The Morgan fingerprint density at radius 3 is 2.35 bits per heavy atom. The van der Waals surface area contributed by atoms with Crippen LogP contribution in [-0.4, -0.2) is 37.4 Å². The molecule has 1 aromatic heterocycles. The molecular weight excluding hydrogens is 404 g/mol. The van der Waals surface area contributed by atoms with Gasteiger partial charge in [-0.25, -0.2) is 0 Å². The minimum Gasteiger partial charge on any atom is -0.335 e. The van der Waals surface area contributed by atoms with Gasteiger partial charge in [-0.05, 0) is 56.2 Å². The first-order chi connectivity index (χ1) is 15.2. The average Bonchev–Trinajstić information content (AvgIpc) is 3.74. The maximum Gasteiger partial charge on any atom is 0.233 e. The van der Waals surface area contributed by atoms with Crippen molar-refractivity contribution in [3.05, 3.63) is 72.1 Å². The van der Waals surface area contributed by atoms with Gasteiger partial charge in [0.25, 0.3) is 0 Å². The maximum absolute atomic E-state index is 13.3. The Bertz CT molecular complexity index is 1030. The quantitative estimate of drug-likeness (QED) is 0.443. The van der Waals surface area contributed by atoms with Gasteiger partial charge in [0.15, 0.2) is 5.16 Å². The van der Waals surface area contributed by atoms with Crippen LogP contribution in [0.4, 0.5) is 0 Å². The van der Waals surface area contributed by atoms with E-state index in [4.69, 9.17) is 0 Å². The summed E-state index contributed by atoms with van der Waals surface area (Å²) in [7, 11) is 0. The summed E-state index contributed by atoms with van der Waals surface area (Å²) >= 11 is 1.50. The predicted octanol–water partition coefficient (Wildman–Crippen LogP) is 5.06. The van der Waals surface area contributed by atoms with E-state index >= 15 is 0 Å². The van der Waals surface area contributed by atoms with Gasteiger partial charge in [-0.1, -0.05) is 60.3 Å². The first kappa shape index (κ1) is 20.3. The van der Waals surface area contributed by atoms with Crippen molar-refractivity contribution in [3.8, 4) is 5.69 Å². The predicted molar refractivity (Wildman–Crippen MR) is 123 cm³/mol. The van der Waals surface area contributed by atoms with Crippen LogP contribution in [0.15, 0.2) is 65.8 Å². The topological polar surface area (TPSA) is 51.0 Å². The van der Waals surface area contributed by atoms with Crippen molar-refractivity contribution in [1.82, 2.24) is 19.7 Å². The highest BCUT2D eigenvalue weighted by molar-refractivity contribution is 7.99. The molecular formula is C25H28N4OS. The molecule has 0 radical (unpaired) electrons. The van der Waals surface area contributed by atoms with Crippen LogP contribution in [0.2, 0.25) is 0 Å². The maximum atomic E-state index is 13.3. The minimum absolute atomic E-state index is 0.170. The highest BCUT2D eigenvalue weighted by Gasteiger charge is 2.35. The van der Waals surface area contributed by atoms with Crippen molar-refractivity contribution >= 4 is 17.7 Å². The molecule has 2 aliphatic rings. The minimum atomic E-state index is 0.170. The number of rotatable bonds is 9.